The van der Waals surface area contributed by atoms with Crippen LogP contribution in [0, 0.1) is 6.92 Å². The standard InChI is InChI=1S/C17H26N4S2/c1-5-18-17(19-11-14-9-8-13(2)23-14)20-12-15(21(3)4)16-7-6-10-22-16/h6-10,15H,5,11-12H2,1-4H3,(H2,18,19,20). The summed E-state index contributed by atoms with van der Waals surface area (Å²) < 4.78 is 0. The maximum Gasteiger partial charge on any atom is 0.191 e. The number of nitrogens with one attached hydrogen (secondary N) is 2. The Morgan fingerprint density at radius 3 is 2.65 bits per heavy atom. The molecule has 2 aromatic rings. The van der Waals surface area contributed by atoms with E-state index in [0.29, 0.717) is 6.04 Å². The van der Waals surface area contributed by atoms with Gasteiger partial charge in [0.25, 0.3) is 0 Å². The number of thiophene rings is 2. The highest BCUT2D eigenvalue weighted by Gasteiger charge is 2.15. The van der Waals surface area contributed by atoms with E-state index in [9.17, 15) is 0 Å². The van der Waals surface area contributed by atoms with Crippen molar-refractivity contribution in [1.29, 1.82) is 0 Å². The number of guanidine groups is 1. The van der Waals surface area contributed by atoms with Crippen molar-refractivity contribution in [3.63, 3.8) is 0 Å². The first-order chi connectivity index (χ1) is 11.1. The van der Waals surface area contributed by atoms with Gasteiger partial charge in [-0.1, -0.05) is 6.07 Å². The van der Waals surface area contributed by atoms with E-state index in [1.54, 1.807) is 22.7 Å². The van der Waals surface area contributed by atoms with Gasteiger partial charge >= 0.3 is 0 Å². The second-order valence-corrected chi connectivity index (χ2v) is 7.93. The average Bonchev–Trinajstić information content (AvgIpc) is 3.16. The molecule has 0 radical (unpaired) electrons. The third-order valence-electron chi connectivity index (χ3n) is 3.49. The summed E-state index contributed by atoms with van der Waals surface area (Å²) >= 11 is 3.60. The van der Waals surface area contributed by atoms with Gasteiger partial charge in [0.1, 0.15) is 0 Å². The van der Waals surface area contributed by atoms with Crippen molar-refractivity contribution >= 4 is 28.6 Å². The smallest absolute Gasteiger partial charge is 0.191 e. The Labute approximate surface area is 147 Å². The van der Waals surface area contributed by atoms with Gasteiger partial charge in [-0.15, -0.1) is 22.7 Å². The summed E-state index contributed by atoms with van der Waals surface area (Å²) in [7, 11) is 4.23. The van der Waals surface area contributed by atoms with Crippen LogP contribution in [0.3, 0.4) is 0 Å². The van der Waals surface area contributed by atoms with E-state index in [2.05, 4.69) is 73.1 Å². The Morgan fingerprint density at radius 2 is 2.09 bits per heavy atom. The summed E-state index contributed by atoms with van der Waals surface area (Å²) in [4.78, 5) is 10.9. The normalized spacial score (nSPS) is 13.3. The Balaban J connectivity index is 1.97. The molecule has 2 N–H and O–H groups in total. The Hall–Kier alpha value is -1.37. The molecule has 4 nitrogen and oxygen atoms in total. The van der Waals surface area contributed by atoms with Crippen molar-refractivity contribution in [2.24, 2.45) is 4.99 Å². The van der Waals surface area contributed by atoms with Gasteiger partial charge in [0, 0.05) is 27.7 Å². The van der Waals surface area contributed by atoms with Crippen LogP contribution in [0.5, 0.6) is 0 Å². The number of nitrogens with zero attached hydrogens (tertiary/aromatic N) is 2. The molecule has 1 atom stereocenters. The number of rotatable bonds is 7. The summed E-state index contributed by atoms with van der Waals surface area (Å²) in [6.07, 6.45) is 0. The minimum Gasteiger partial charge on any atom is -0.357 e. The highest BCUT2D eigenvalue weighted by Crippen LogP contribution is 2.22. The molecular formula is C17H26N4S2. The molecule has 0 aliphatic rings. The Morgan fingerprint density at radius 1 is 1.26 bits per heavy atom. The van der Waals surface area contributed by atoms with Crippen molar-refractivity contribution in [2.75, 3.05) is 27.2 Å². The monoisotopic (exact) mass is 350 g/mol. The number of aliphatic imine (C=N–C) groups is 1. The molecule has 2 rings (SSSR count). The van der Waals surface area contributed by atoms with Crippen molar-refractivity contribution in [3.05, 3.63) is 44.3 Å². The highest BCUT2D eigenvalue weighted by molar-refractivity contribution is 7.11. The third kappa shape index (κ3) is 5.64. The first-order valence-electron chi connectivity index (χ1n) is 7.87. The summed E-state index contributed by atoms with van der Waals surface area (Å²) in [6.45, 7) is 6.64. The fourth-order valence-electron chi connectivity index (χ4n) is 2.28. The van der Waals surface area contributed by atoms with Crippen LogP contribution in [-0.2, 0) is 6.54 Å². The van der Waals surface area contributed by atoms with Crippen molar-refractivity contribution in [2.45, 2.75) is 26.4 Å². The van der Waals surface area contributed by atoms with Gasteiger partial charge in [0.05, 0.1) is 12.6 Å². The maximum atomic E-state index is 4.70. The molecule has 6 heteroatoms. The van der Waals surface area contributed by atoms with Gasteiger partial charge in [-0.2, -0.15) is 0 Å². The maximum absolute atomic E-state index is 4.70. The molecule has 0 spiro atoms. The lowest BCUT2D eigenvalue weighted by atomic mass is 10.2. The average molecular weight is 351 g/mol. The lowest BCUT2D eigenvalue weighted by Gasteiger charge is -2.24. The molecule has 0 bridgehead atoms. The zero-order valence-electron chi connectivity index (χ0n) is 14.3. The minimum absolute atomic E-state index is 0.350. The van der Waals surface area contributed by atoms with E-state index >= 15 is 0 Å². The van der Waals surface area contributed by atoms with Gasteiger partial charge in [-0.3, -0.25) is 0 Å². The summed E-state index contributed by atoms with van der Waals surface area (Å²) in [6, 6.07) is 8.95. The zero-order valence-corrected chi connectivity index (χ0v) is 15.9. The summed E-state index contributed by atoms with van der Waals surface area (Å²) in [5.41, 5.74) is 0. The molecule has 1 unspecified atom stereocenters. The predicted octanol–water partition coefficient (Wildman–Crippen LogP) is 3.48. The molecule has 2 heterocycles. The van der Waals surface area contributed by atoms with Crippen LogP contribution in [0.4, 0.5) is 0 Å². The van der Waals surface area contributed by atoms with E-state index in [1.807, 2.05) is 0 Å². The first-order valence-corrected chi connectivity index (χ1v) is 9.57. The second-order valence-electron chi connectivity index (χ2n) is 5.58. The topological polar surface area (TPSA) is 39.7 Å². The minimum atomic E-state index is 0.350. The predicted molar refractivity (Wildman–Crippen MR) is 103 cm³/mol. The molecule has 23 heavy (non-hydrogen) atoms. The van der Waals surface area contributed by atoms with E-state index in [1.165, 1.54) is 14.6 Å². The lowest BCUT2D eigenvalue weighted by Crippen LogP contribution is -2.41. The molecule has 2 aromatic heterocycles. The van der Waals surface area contributed by atoms with E-state index in [0.717, 1.165) is 25.6 Å². The van der Waals surface area contributed by atoms with Gasteiger partial charge in [-0.05, 0) is 51.5 Å². The third-order valence-corrected chi connectivity index (χ3v) is 5.45. The van der Waals surface area contributed by atoms with Gasteiger partial charge in [0.15, 0.2) is 5.96 Å². The SMILES string of the molecule is CCNC(=NCc1ccc(C)s1)NCC(c1cccs1)N(C)C. The zero-order chi connectivity index (χ0) is 16.7. The number of likely N-dealkylation sites (N-methyl/N-ethyl adjacent to an activating group) is 1. The molecule has 0 aliphatic carbocycles. The highest BCUT2D eigenvalue weighted by atomic mass is 32.1. The Kier molecular flexibility index (Phi) is 7.08. The molecular weight excluding hydrogens is 324 g/mol. The molecule has 0 aromatic carbocycles. The van der Waals surface area contributed by atoms with Crippen LogP contribution < -0.4 is 10.6 Å². The molecule has 0 fully saturated rings. The fraction of sp³-hybridized carbons (Fsp3) is 0.471. The van der Waals surface area contributed by atoms with E-state index in [-0.39, 0.29) is 0 Å². The lowest BCUT2D eigenvalue weighted by molar-refractivity contribution is 0.302. The van der Waals surface area contributed by atoms with E-state index < -0.39 is 0 Å². The van der Waals surface area contributed by atoms with Crippen molar-refractivity contribution in [3.8, 4) is 0 Å². The van der Waals surface area contributed by atoms with Crippen LogP contribution in [-0.4, -0.2) is 38.0 Å². The van der Waals surface area contributed by atoms with Crippen molar-refractivity contribution < 1.29 is 0 Å². The second kappa shape index (κ2) is 9.05. The quantitative estimate of drug-likeness (QED) is 0.593. The summed E-state index contributed by atoms with van der Waals surface area (Å²) in [5, 5.41) is 8.93. The van der Waals surface area contributed by atoms with Crippen LogP contribution in [0.25, 0.3) is 0 Å². The molecule has 0 saturated heterocycles. The molecule has 0 aliphatic heterocycles. The fourth-order valence-corrected chi connectivity index (χ4v) is 4.02. The van der Waals surface area contributed by atoms with Crippen molar-refractivity contribution in [1.82, 2.24) is 15.5 Å². The largest absolute Gasteiger partial charge is 0.357 e. The van der Waals surface area contributed by atoms with Crippen LogP contribution >= 0.6 is 22.7 Å². The molecule has 0 amide bonds. The van der Waals surface area contributed by atoms with Crippen LogP contribution in [0.1, 0.15) is 27.6 Å². The van der Waals surface area contributed by atoms with Crippen LogP contribution in [0.2, 0.25) is 0 Å². The molecule has 126 valence electrons. The Bertz CT molecular complexity index is 602. The number of hydrogen-bond acceptors (Lipinski definition) is 4. The van der Waals surface area contributed by atoms with Gasteiger partial charge in [0.2, 0.25) is 0 Å². The molecule has 0 saturated carbocycles. The van der Waals surface area contributed by atoms with Gasteiger partial charge < -0.3 is 15.5 Å². The summed E-state index contributed by atoms with van der Waals surface area (Å²) in [5.74, 6) is 0.877. The van der Waals surface area contributed by atoms with Gasteiger partial charge in [-0.25, -0.2) is 4.99 Å². The van der Waals surface area contributed by atoms with Crippen LogP contribution in [0.15, 0.2) is 34.6 Å². The van der Waals surface area contributed by atoms with E-state index in [4.69, 9.17) is 4.99 Å². The first kappa shape index (κ1) is 18.0. The number of aryl methyl sites for hydroxylation is 1. The number of hydrogen-bond donors (Lipinski definition) is 2.